The Balaban J connectivity index is 1.58. The van der Waals surface area contributed by atoms with Crippen LogP contribution in [0.5, 0.6) is 0 Å². The van der Waals surface area contributed by atoms with E-state index in [2.05, 4.69) is 49.3 Å². The highest BCUT2D eigenvalue weighted by atomic mass is 32.2. The lowest BCUT2D eigenvalue weighted by Crippen LogP contribution is -2.08. The van der Waals surface area contributed by atoms with E-state index in [-0.39, 0.29) is 0 Å². The fraction of sp³-hybridized carbons (Fsp3) is 0.235. The average molecular weight is 325 g/mol. The molecule has 5 nitrogen and oxygen atoms in total. The third-order valence-electron chi connectivity index (χ3n) is 3.41. The highest BCUT2D eigenvalue weighted by molar-refractivity contribution is 7.98. The van der Waals surface area contributed by atoms with Gasteiger partial charge in [0.2, 0.25) is 5.16 Å². The summed E-state index contributed by atoms with van der Waals surface area (Å²) < 4.78 is 0. The summed E-state index contributed by atoms with van der Waals surface area (Å²) in [5, 5.41) is 8.04. The number of hydrogen-bond donors (Lipinski definition) is 1. The van der Waals surface area contributed by atoms with Crippen LogP contribution in [0.3, 0.4) is 0 Å². The fourth-order valence-corrected chi connectivity index (χ4v) is 2.88. The first kappa shape index (κ1) is 15.6. The predicted octanol–water partition coefficient (Wildman–Crippen LogP) is 3.15. The molecule has 6 heteroatoms. The molecule has 2 aromatic heterocycles. The quantitative estimate of drug-likeness (QED) is 0.706. The molecule has 0 saturated carbocycles. The molecule has 0 aliphatic rings. The molecule has 3 rings (SSSR count). The monoisotopic (exact) mass is 325 g/mol. The third-order valence-corrected chi connectivity index (χ3v) is 4.29. The van der Waals surface area contributed by atoms with E-state index in [1.54, 1.807) is 18.0 Å². The Morgan fingerprint density at radius 3 is 2.61 bits per heavy atom. The van der Waals surface area contributed by atoms with Gasteiger partial charge in [-0.15, -0.1) is 5.10 Å². The predicted molar refractivity (Wildman–Crippen MR) is 93.8 cm³/mol. The van der Waals surface area contributed by atoms with Crippen molar-refractivity contribution in [1.29, 1.82) is 0 Å². The van der Waals surface area contributed by atoms with Crippen molar-refractivity contribution in [1.82, 2.24) is 20.2 Å². The Morgan fingerprint density at radius 2 is 1.91 bits per heavy atom. The Labute approximate surface area is 140 Å². The first-order valence-corrected chi connectivity index (χ1v) is 8.39. The van der Waals surface area contributed by atoms with E-state index >= 15 is 0 Å². The van der Waals surface area contributed by atoms with Crippen LogP contribution in [0.4, 0.5) is 5.69 Å². The van der Waals surface area contributed by atoms with E-state index in [1.807, 2.05) is 32.3 Å². The Kier molecular flexibility index (Phi) is 4.92. The molecule has 23 heavy (non-hydrogen) atoms. The minimum atomic E-state index is 0.755. The number of benzene rings is 1. The van der Waals surface area contributed by atoms with Gasteiger partial charge in [0.1, 0.15) is 5.82 Å². The average Bonchev–Trinajstić information content (AvgIpc) is 3.02. The van der Waals surface area contributed by atoms with Crippen molar-refractivity contribution in [3.05, 3.63) is 65.7 Å². The summed E-state index contributed by atoms with van der Waals surface area (Å²) >= 11 is 1.59. The molecule has 0 aliphatic carbocycles. The molecule has 0 fully saturated rings. The largest absolute Gasteiger partial charge is 0.378 e. The number of rotatable bonds is 6. The topological polar surface area (TPSA) is 57.7 Å². The van der Waals surface area contributed by atoms with Crippen LogP contribution in [-0.4, -0.2) is 34.3 Å². The van der Waals surface area contributed by atoms with E-state index < -0.39 is 0 Å². The smallest absolute Gasteiger partial charge is 0.208 e. The summed E-state index contributed by atoms with van der Waals surface area (Å²) in [4.78, 5) is 10.9. The van der Waals surface area contributed by atoms with Crippen molar-refractivity contribution >= 4 is 17.4 Å². The van der Waals surface area contributed by atoms with Crippen LogP contribution >= 0.6 is 11.8 Å². The Bertz CT molecular complexity index is 737. The van der Waals surface area contributed by atoms with E-state index in [4.69, 9.17) is 0 Å². The molecule has 0 radical (unpaired) electrons. The zero-order valence-electron chi connectivity index (χ0n) is 13.2. The first-order chi connectivity index (χ1) is 11.2. The van der Waals surface area contributed by atoms with Crippen LogP contribution in [0.1, 0.15) is 17.1 Å². The van der Waals surface area contributed by atoms with Crippen molar-refractivity contribution in [2.75, 3.05) is 19.0 Å². The normalized spacial score (nSPS) is 10.7. The molecule has 0 bridgehead atoms. The SMILES string of the molecule is CN(C)c1ccc(Cc2nc(SCc3ccccn3)n[nH]2)cc1. The Morgan fingerprint density at radius 1 is 1.09 bits per heavy atom. The van der Waals surface area contributed by atoms with Gasteiger partial charge in [-0.3, -0.25) is 10.1 Å². The molecule has 0 aliphatic heterocycles. The maximum atomic E-state index is 4.54. The molecule has 0 saturated heterocycles. The molecular formula is C17H19N5S. The van der Waals surface area contributed by atoms with E-state index in [1.165, 1.54) is 11.3 Å². The minimum absolute atomic E-state index is 0.755. The van der Waals surface area contributed by atoms with Gasteiger partial charge in [-0.25, -0.2) is 4.98 Å². The number of hydrogen-bond acceptors (Lipinski definition) is 5. The number of nitrogens with zero attached hydrogens (tertiary/aromatic N) is 4. The van der Waals surface area contributed by atoms with Crippen molar-refractivity contribution in [3.63, 3.8) is 0 Å². The minimum Gasteiger partial charge on any atom is -0.378 e. The Hall–Kier alpha value is -2.34. The molecule has 1 N–H and O–H groups in total. The van der Waals surface area contributed by atoms with Crippen molar-refractivity contribution in [3.8, 4) is 0 Å². The van der Waals surface area contributed by atoms with Gasteiger partial charge >= 0.3 is 0 Å². The molecule has 0 amide bonds. The van der Waals surface area contributed by atoms with Gasteiger partial charge in [0, 0.05) is 38.2 Å². The van der Waals surface area contributed by atoms with Crippen molar-refractivity contribution in [2.24, 2.45) is 0 Å². The van der Waals surface area contributed by atoms with Crippen LogP contribution in [0, 0.1) is 0 Å². The molecule has 0 spiro atoms. The number of aromatic amines is 1. The zero-order chi connectivity index (χ0) is 16.1. The lowest BCUT2D eigenvalue weighted by Gasteiger charge is -2.12. The van der Waals surface area contributed by atoms with Crippen LogP contribution in [0.15, 0.2) is 53.8 Å². The fourth-order valence-electron chi connectivity index (χ4n) is 2.15. The van der Waals surface area contributed by atoms with Gasteiger partial charge in [0.15, 0.2) is 0 Å². The van der Waals surface area contributed by atoms with Crippen LogP contribution in [0.2, 0.25) is 0 Å². The zero-order valence-corrected chi connectivity index (χ0v) is 14.0. The summed E-state index contributed by atoms with van der Waals surface area (Å²) in [6.07, 6.45) is 2.56. The summed E-state index contributed by atoms with van der Waals surface area (Å²) in [5.41, 5.74) is 3.44. The van der Waals surface area contributed by atoms with E-state index in [0.29, 0.717) is 0 Å². The molecule has 1 aromatic carbocycles. The second kappa shape index (κ2) is 7.28. The lowest BCUT2D eigenvalue weighted by atomic mass is 10.1. The van der Waals surface area contributed by atoms with Crippen LogP contribution in [0.25, 0.3) is 0 Å². The summed E-state index contributed by atoms with van der Waals surface area (Å²) in [5.74, 6) is 1.65. The lowest BCUT2D eigenvalue weighted by molar-refractivity contribution is 0.955. The summed E-state index contributed by atoms with van der Waals surface area (Å²) in [7, 11) is 4.08. The molecule has 0 atom stereocenters. The maximum absolute atomic E-state index is 4.54. The third kappa shape index (κ3) is 4.32. The molecule has 3 aromatic rings. The van der Waals surface area contributed by atoms with Crippen molar-refractivity contribution < 1.29 is 0 Å². The standard InChI is InChI=1S/C17H19N5S/c1-22(2)15-8-6-13(7-9-15)11-16-19-17(21-20-16)23-12-14-5-3-4-10-18-14/h3-10H,11-12H2,1-2H3,(H,19,20,21). The van der Waals surface area contributed by atoms with Gasteiger partial charge in [-0.05, 0) is 29.8 Å². The van der Waals surface area contributed by atoms with Gasteiger partial charge in [0.25, 0.3) is 0 Å². The number of pyridine rings is 1. The van der Waals surface area contributed by atoms with Crippen molar-refractivity contribution in [2.45, 2.75) is 17.3 Å². The first-order valence-electron chi connectivity index (χ1n) is 7.41. The second-order valence-corrected chi connectivity index (χ2v) is 6.35. The number of thioether (sulfide) groups is 1. The van der Waals surface area contributed by atoms with Crippen LogP contribution in [-0.2, 0) is 12.2 Å². The summed E-state index contributed by atoms with van der Waals surface area (Å²) in [6, 6.07) is 14.4. The number of anilines is 1. The van der Waals surface area contributed by atoms with E-state index in [0.717, 1.165) is 28.8 Å². The second-order valence-electron chi connectivity index (χ2n) is 5.41. The molecule has 118 valence electrons. The van der Waals surface area contributed by atoms with Gasteiger partial charge in [-0.1, -0.05) is 30.0 Å². The molecular weight excluding hydrogens is 306 g/mol. The van der Waals surface area contributed by atoms with Gasteiger partial charge in [0.05, 0.1) is 5.69 Å². The van der Waals surface area contributed by atoms with Gasteiger partial charge in [-0.2, -0.15) is 0 Å². The van der Waals surface area contributed by atoms with E-state index in [9.17, 15) is 0 Å². The maximum Gasteiger partial charge on any atom is 0.208 e. The highest BCUT2D eigenvalue weighted by Gasteiger charge is 2.06. The summed E-state index contributed by atoms with van der Waals surface area (Å²) in [6.45, 7) is 0. The van der Waals surface area contributed by atoms with Gasteiger partial charge < -0.3 is 4.90 Å². The molecule has 0 unspecified atom stereocenters. The van der Waals surface area contributed by atoms with Crippen LogP contribution < -0.4 is 4.90 Å². The molecule has 2 heterocycles. The number of H-pyrrole nitrogens is 1. The number of nitrogens with one attached hydrogen (secondary N) is 1. The number of aromatic nitrogens is 4. The highest BCUT2D eigenvalue weighted by Crippen LogP contribution is 2.19.